The topological polar surface area (TPSA) is 66.6 Å². The average molecular weight is 262 g/mol. The summed E-state index contributed by atoms with van der Waals surface area (Å²) in [6.45, 7) is 0.827. The minimum Gasteiger partial charge on any atom is -0.388 e. The zero-order chi connectivity index (χ0) is 13.9. The van der Waals surface area contributed by atoms with Crippen molar-refractivity contribution in [2.75, 3.05) is 13.6 Å². The lowest BCUT2D eigenvalue weighted by atomic mass is 10.0. The van der Waals surface area contributed by atoms with Gasteiger partial charge in [0, 0.05) is 25.7 Å². The van der Waals surface area contributed by atoms with Gasteiger partial charge in [0.2, 0.25) is 0 Å². The van der Waals surface area contributed by atoms with E-state index in [0.717, 1.165) is 31.2 Å². The summed E-state index contributed by atoms with van der Waals surface area (Å²) in [7, 11) is 1.74. The number of likely N-dealkylation sites (N-methyl/N-ethyl adjacent to an activating group) is 1. The maximum atomic E-state index is 12.3. The molecule has 1 saturated carbocycles. The highest BCUT2D eigenvalue weighted by Crippen LogP contribution is 2.30. The molecule has 0 aromatic heterocycles. The Labute approximate surface area is 114 Å². The van der Waals surface area contributed by atoms with Gasteiger partial charge in [-0.25, -0.2) is 0 Å². The van der Waals surface area contributed by atoms with Crippen LogP contribution in [0.2, 0.25) is 0 Å². The van der Waals surface area contributed by atoms with Crippen molar-refractivity contribution < 1.29 is 9.90 Å². The third-order valence-electron chi connectivity index (χ3n) is 3.82. The van der Waals surface area contributed by atoms with E-state index in [0.29, 0.717) is 18.7 Å². The maximum absolute atomic E-state index is 12.3. The highest BCUT2D eigenvalue weighted by atomic mass is 16.3. The Bertz CT molecular complexity index is 453. The number of rotatable bonds is 4. The standard InChI is InChI=1S/C15H22N2O2/c1-17(11-15(19)7-2-3-8-15)14(18)13-6-4-5-12(9-13)10-16/h4-6,9,19H,2-3,7-8,10-11,16H2,1H3. The van der Waals surface area contributed by atoms with E-state index in [1.165, 1.54) is 0 Å². The summed E-state index contributed by atoms with van der Waals surface area (Å²) in [4.78, 5) is 13.9. The molecule has 4 nitrogen and oxygen atoms in total. The number of amides is 1. The Morgan fingerprint density at radius 1 is 1.42 bits per heavy atom. The molecular formula is C15H22N2O2. The second-order valence-corrected chi connectivity index (χ2v) is 5.50. The summed E-state index contributed by atoms with van der Waals surface area (Å²) in [5.74, 6) is -0.0596. The number of carbonyl (C=O) groups excluding carboxylic acids is 1. The van der Waals surface area contributed by atoms with Crippen LogP contribution in [0.15, 0.2) is 24.3 Å². The van der Waals surface area contributed by atoms with Crippen molar-refractivity contribution in [1.82, 2.24) is 4.90 Å². The molecular weight excluding hydrogens is 240 g/mol. The molecule has 0 aliphatic heterocycles. The molecule has 1 aliphatic carbocycles. The third-order valence-corrected chi connectivity index (χ3v) is 3.82. The van der Waals surface area contributed by atoms with E-state index in [-0.39, 0.29) is 5.91 Å². The zero-order valence-corrected chi connectivity index (χ0v) is 11.4. The van der Waals surface area contributed by atoms with Gasteiger partial charge in [0.1, 0.15) is 0 Å². The molecule has 0 bridgehead atoms. The van der Waals surface area contributed by atoms with Gasteiger partial charge in [-0.2, -0.15) is 0 Å². The van der Waals surface area contributed by atoms with E-state index >= 15 is 0 Å². The van der Waals surface area contributed by atoms with Crippen LogP contribution >= 0.6 is 0 Å². The number of hydrogen-bond donors (Lipinski definition) is 2. The van der Waals surface area contributed by atoms with Gasteiger partial charge in [-0.05, 0) is 30.5 Å². The molecule has 1 aromatic carbocycles. The summed E-state index contributed by atoms with van der Waals surface area (Å²) < 4.78 is 0. The summed E-state index contributed by atoms with van der Waals surface area (Å²) in [6.07, 6.45) is 3.66. The monoisotopic (exact) mass is 262 g/mol. The molecule has 0 unspecified atom stereocenters. The van der Waals surface area contributed by atoms with Gasteiger partial charge >= 0.3 is 0 Å². The number of nitrogens with two attached hydrogens (primary N) is 1. The van der Waals surface area contributed by atoms with Crippen molar-refractivity contribution in [3.63, 3.8) is 0 Å². The highest BCUT2D eigenvalue weighted by molar-refractivity contribution is 5.94. The third kappa shape index (κ3) is 3.33. The summed E-state index contributed by atoms with van der Waals surface area (Å²) in [5, 5.41) is 10.3. The van der Waals surface area contributed by atoms with Crippen molar-refractivity contribution in [1.29, 1.82) is 0 Å². The van der Waals surface area contributed by atoms with Gasteiger partial charge in [-0.3, -0.25) is 4.79 Å². The lowest BCUT2D eigenvalue weighted by molar-refractivity contribution is 0.0157. The molecule has 1 amide bonds. The van der Waals surface area contributed by atoms with Crippen LogP contribution < -0.4 is 5.73 Å². The van der Waals surface area contributed by atoms with Crippen LogP contribution in [-0.4, -0.2) is 35.1 Å². The fourth-order valence-electron chi connectivity index (χ4n) is 2.76. The van der Waals surface area contributed by atoms with Gasteiger partial charge < -0.3 is 15.7 Å². The van der Waals surface area contributed by atoms with Crippen molar-refractivity contribution in [3.8, 4) is 0 Å². The number of hydrogen-bond acceptors (Lipinski definition) is 3. The fraction of sp³-hybridized carbons (Fsp3) is 0.533. The van der Waals surface area contributed by atoms with Crippen LogP contribution in [0.4, 0.5) is 0 Å². The summed E-state index contributed by atoms with van der Waals surface area (Å²) in [6, 6.07) is 7.35. The Morgan fingerprint density at radius 3 is 2.74 bits per heavy atom. The van der Waals surface area contributed by atoms with Crippen LogP contribution in [0.5, 0.6) is 0 Å². The predicted octanol–water partition coefficient (Wildman–Crippen LogP) is 1.52. The van der Waals surface area contributed by atoms with E-state index in [4.69, 9.17) is 5.73 Å². The van der Waals surface area contributed by atoms with E-state index in [2.05, 4.69) is 0 Å². The van der Waals surface area contributed by atoms with Crippen molar-refractivity contribution in [2.24, 2.45) is 5.73 Å². The Morgan fingerprint density at radius 2 is 2.11 bits per heavy atom. The van der Waals surface area contributed by atoms with Crippen molar-refractivity contribution >= 4 is 5.91 Å². The minimum atomic E-state index is -0.699. The number of aliphatic hydroxyl groups is 1. The molecule has 1 fully saturated rings. The van der Waals surface area contributed by atoms with Crippen LogP contribution in [0.3, 0.4) is 0 Å². The van der Waals surface area contributed by atoms with Gasteiger partial charge in [0.15, 0.2) is 0 Å². The molecule has 0 radical (unpaired) electrons. The van der Waals surface area contributed by atoms with Crippen LogP contribution in [0, 0.1) is 0 Å². The molecule has 0 heterocycles. The van der Waals surface area contributed by atoms with Crippen LogP contribution in [-0.2, 0) is 6.54 Å². The first-order valence-electron chi connectivity index (χ1n) is 6.81. The number of benzene rings is 1. The van der Waals surface area contributed by atoms with Crippen molar-refractivity contribution in [2.45, 2.75) is 37.8 Å². The zero-order valence-electron chi connectivity index (χ0n) is 11.4. The average Bonchev–Trinajstić information content (AvgIpc) is 2.84. The molecule has 0 atom stereocenters. The first-order chi connectivity index (χ1) is 9.04. The first-order valence-corrected chi connectivity index (χ1v) is 6.81. The second kappa shape index (κ2) is 5.72. The largest absolute Gasteiger partial charge is 0.388 e. The second-order valence-electron chi connectivity index (χ2n) is 5.50. The van der Waals surface area contributed by atoms with E-state index < -0.39 is 5.60 Å². The van der Waals surface area contributed by atoms with Crippen LogP contribution in [0.25, 0.3) is 0 Å². The van der Waals surface area contributed by atoms with Crippen LogP contribution in [0.1, 0.15) is 41.6 Å². The normalized spacial score (nSPS) is 17.4. The van der Waals surface area contributed by atoms with Gasteiger partial charge in [0.25, 0.3) is 5.91 Å². The maximum Gasteiger partial charge on any atom is 0.253 e. The summed E-state index contributed by atoms with van der Waals surface area (Å²) in [5.41, 5.74) is 6.46. The quantitative estimate of drug-likeness (QED) is 0.864. The molecule has 104 valence electrons. The van der Waals surface area contributed by atoms with E-state index in [1.807, 2.05) is 18.2 Å². The molecule has 1 aliphatic rings. The Hall–Kier alpha value is -1.39. The Kier molecular flexibility index (Phi) is 4.22. The van der Waals surface area contributed by atoms with Gasteiger partial charge in [-0.1, -0.05) is 25.0 Å². The number of nitrogens with zero attached hydrogens (tertiary/aromatic N) is 1. The molecule has 0 spiro atoms. The molecule has 4 heteroatoms. The predicted molar refractivity (Wildman–Crippen MR) is 74.7 cm³/mol. The molecule has 3 N–H and O–H groups in total. The summed E-state index contributed by atoms with van der Waals surface area (Å²) >= 11 is 0. The van der Waals surface area contributed by atoms with E-state index in [1.54, 1.807) is 18.0 Å². The lowest BCUT2D eigenvalue weighted by Crippen LogP contribution is -2.42. The van der Waals surface area contributed by atoms with Gasteiger partial charge in [-0.15, -0.1) is 0 Å². The molecule has 2 rings (SSSR count). The molecule has 0 saturated heterocycles. The number of carbonyl (C=O) groups is 1. The SMILES string of the molecule is CN(CC1(O)CCCC1)C(=O)c1cccc(CN)c1. The molecule has 19 heavy (non-hydrogen) atoms. The minimum absolute atomic E-state index is 0.0596. The van der Waals surface area contributed by atoms with Crippen molar-refractivity contribution in [3.05, 3.63) is 35.4 Å². The Balaban J connectivity index is 2.05. The van der Waals surface area contributed by atoms with E-state index in [9.17, 15) is 9.90 Å². The highest BCUT2D eigenvalue weighted by Gasteiger charge is 2.33. The fourth-order valence-corrected chi connectivity index (χ4v) is 2.76. The lowest BCUT2D eigenvalue weighted by Gasteiger charge is -2.28. The molecule has 1 aromatic rings. The first kappa shape index (κ1) is 14.0. The van der Waals surface area contributed by atoms with Gasteiger partial charge in [0.05, 0.1) is 5.60 Å². The smallest absolute Gasteiger partial charge is 0.253 e.